The third-order valence-electron chi connectivity index (χ3n) is 2.60. The maximum absolute atomic E-state index is 11.9. The number of alkyl halides is 1. The molecule has 0 saturated heterocycles. The zero-order valence-electron chi connectivity index (χ0n) is 10.6. The van der Waals surface area contributed by atoms with Crippen LogP contribution in [-0.2, 0) is 7.05 Å². The molecule has 0 aliphatic rings. The van der Waals surface area contributed by atoms with Crippen molar-refractivity contribution in [3.8, 4) is 0 Å². The topological polar surface area (TPSA) is 77.2 Å². The number of amides is 1. The normalized spacial score (nSPS) is 11.3. The summed E-state index contributed by atoms with van der Waals surface area (Å²) in [6.07, 6.45) is 0. The first kappa shape index (κ1) is 14.5. The molecule has 0 radical (unpaired) electrons. The Morgan fingerprint density at radius 3 is 2.61 bits per heavy atom. The Morgan fingerprint density at radius 1 is 1.56 bits per heavy atom. The Balaban J connectivity index is 2.77. The van der Waals surface area contributed by atoms with E-state index >= 15 is 0 Å². The predicted octanol–water partition coefficient (Wildman–Crippen LogP) is 1.93. The van der Waals surface area contributed by atoms with Crippen LogP contribution in [-0.4, -0.2) is 27.8 Å². The molecule has 0 unspecified atom stereocenters. The van der Waals surface area contributed by atoms with Gasteiger partial charge in [-0.3, -0.25) is 4.79 Å². The highest BCUT2D eigenvalue weighted by Crippen LogP contribution is 2.17. The number of carbonyl (C=O) groups is 1. The third-order valence-corrected chi connectivity index (χ3v) is 3.33. The lowest BCUT2D eigenvalue weighted by molar-refractivity contribution is -0.391. The molecule has 0 fully saturated rings. The van der Waals surface area contributed by atoms with Gasteiger partial charge in [0.2, 0.25) is 0 Å². The standard InChI is InChI=1S/C11H16ClN3O3/c1-11(2,6-12)7-13-10(16)8-4-5-9(14(8)3)15(17)18/h4-5H,6-7H2,1-3H3,(H,13,16). The molecule has 0 atom stereocenters. The van der Waals surface area contributed by atoms with Crippen LogP contribution >= 0.6 is 11.6 Å². The minimum absolute atomic E-state index is 0.114. The largest absolute Gasteiger partial charge is 0.358 e. The maximum Gasteiger partial charge on any atom is 0.323 e. The van der Waals surface area contributed by atoms with Gasteiger partial charge >= 0.3 is 5.82 Å². The molecule has 0 aliphatic carbocycles. The van der Waals surface area contributed by atoms with E-state index in [1.54, 1.807) is 0 Å². The molecular formula is C11H16ClN3O3. The van der Waals surface area contributed by atoms with E-state index < -0.39 is 4.92 Å². The molecule has 0 bridgehead atoms. The van der Waals surface area contributed by atoms with Crippen molar-refractivity contribution < 1.29 is 9.72 Å². The van der Waals surface area contributed by atoms with Gasteiger partial charge in [-0.2, -0.15) is 0 Å². The molecule has 1 amide bonds. The lowest BCUT2D eigenvalue weighted by atomic mass is 9.96. The summed E-state index contributed by atoms with van der Waals surface area (Å²) in [7, 11) is 1.49. The van der Waals surface area contributed by atoms with Gasteiger partial charge in [0.15, 0.2) is 5.69 Å². The Bertz CT molecular complexity index is 468. The molecule has 0 saturated carbocycles. The number of aromatic nitrogens is 1. The van der Waals surface area contributed by atoms with Gasteiger partial charge in [-0.1, -0.05) is 13.8 Å². The highest BCUT2D eigenvalue weighted by atomic mass is 35.5. The summed E-state index contributed by atoms with van der Waals surface area (Å²) < 4.78 is 1.25. The second kappa shape index (κ2) is 5.39. The summed E-state index contributed by atoms with van der Waals surface area (Å²) >= 11 is 5.75. The number of halogens is 1. The molecule has 1 aromatic heterocycles. The van der Waals surface area contributed by atoms with Crippen molar-refractivity contribution in [2.45, 2.75) is 13.8 Å². The first-order chi connectivity index (χ1) is 8.28. The van der Waals surface area contributed by atoms with Gasteiger partial charge in [-0.25, -0.2) is 4.57 Å². The highest BCUT2D eigenvalue weighted by molar-refractivity contribution is 6.18. The van der Waals surface area contributed by atoms with Gasteiger partial charge in [0, 0.05) is 18.5 Å². The second-order valence-electron chi connectivity index (χ2n) is 4.87. The number of nitrogens with zero attached hydrogens (tertiary/aromatic N) is 2. The Labute approximate surface area is 110 Å². The van der Waals surface area contributed by atoms with E-state index in [0.717, 1.165) is 0 Å². The minimum Gasteiger partial charge on any atom is -0.358 e. The number of hydrogen-bond acceptors (Lipinski definition) is 3. The Kier molecular flexibility index (Phi) is 4.34. The van der Waals surface area contributed by atoms with Crippen LogP contribution < -0.4 is 5.32 Å². The predicted molar refractivity (Wildman–Crippen MR) is 68.9 cm³/mol. The maximum atomic E-state index is 11.9. The summed E-state index contributed by atoms with van der Waals surface area (Å²) in [5.74, 6) is -0.0406. The molecule has 1 heterocycles. The number of rotatable bonds is 5. The average molecular weight is 274 g/mol. The van der Waals surface area contributed by atoms with E-state index in [2.05, 4.69) is 5.32 Å². The molecule has 0 aliphatic heterocycles. The molecular weight excluding hydrogens is 258 g/mol. The highest BCUT2D eigenvalue weighted by Gasteiger charge is 2.23. The molecule has 1 aromatic rings. The molecule has 0 spiro atoms. The fourth-order valence-corrected chi connectivity index (χ4v) is 1.46. The van der Waals surface area contributed by atoms with E-state index in [1.165, 1.54) is 23.7 Å². The summed E-state index contributed by atoms with van der Waals surface area (Å²) in [5.41, 5.74) is 0.0426. The van der Waals surface area contributed by atoms with Crippen molar-refractivity contribution >= 4 is 23.3 Å². The number of nitro groups is 1. The van der Waals surface area contributed by atoms with Crippen molar-refractivity contribution in [3.63, 3.8) is 0 Å². The number of carbonyl (C=O) groups excluding carboxylic acids is 1. The lowest BCUT2D eigenvalue weighted by Crippen LogP contribution is -2.35. The summed E-state index contributed by atoms with van der Waals surface area (Å²) in [4.78, 5) is 22.0. The van der Waals surface area contributed by atoms with E-state index in [4.69, 9.17) is 11.6 Å². The molecule has 18 heavy (non-hydrogen) atoms. The van der Waals surface area contributed by atoms with Gasteiger partial charge in [-0.05, 0) is 16.4 Å². The molecule has 0 aromatic carbocycles. The lowest BCUT2D eigenvalue weighted by Gasteiger charge is -2.21. The van der Waals surface area contributed by atoms with E-state index in [9.17, 15) is 14.9 Å². The number of nitrogens with one attached hydrogen (secondary N) is 1. The first-order valence-corrected chi connectivity index (χ1v) is 5.96. The van der Waals surface area contributed by atoms with Gasteiger partial charge in [0.05, 0.1) is 7.05 Å². The zero-order chi connectivity index (χ0) is 13.9. The van der Waals surface area contributed by atoms with Crippen molar-refractivity contribution in [1.29, 1.82) is 0 Å². The molecule has 6 nitrogen and oxygen atoms in total. The van der Waals surface area contributed by atoms with E-state index in [0.29, 0.717) is 12.4 Å². The van der Waals surface area contributed by atoms with Crippen LogP contribution in [0.2, 0.25) is 0 Å². The summed E-state index contributed by atoms with van der Waals surface area (Å²) in [5, 5.41) is 13.4. The molecule has 1 rings (SSSR count). The van der Waals surface area contributed by atoms with Crippen molar-refractivity contribution in [1.82, 2.24) is 9.88 Å². The fraction of sp³-hybridized carbons (Fsp3) is 0.545. The van der Waals surface area contributed by atoms with Crippen LogP contribution in [0.25, 0.3) is 0 Å². The number of hydrogen-bond donors (Lipinski definition) is 1. The Morgan fingerprint density at radius 2 is 2.17 bits per heavy atom. The SMILES string of the molecule is Cn1c(C(=O)NCC(C)(C)CCl)ccc1[N+](=O)[O-]. The van der Waals surface area contributed by atoms with Gasteiger partial charge in [0.25, 0.3) is 5.91 Å². The smallest absolute Gasteiger partial charge is 0.323 e. The van der Waals surface area contributed by atoms with Crippen molar-refractivity contribution in [2.24, 2.45) is 12.5 Å². The van der Waals surface area contributed by atoms with Crippen LogP contribution in [0.15, 0.2) is 12.1 Å². The zero-order valence-corrected chi connectivity index (χ0v) is 11.3. The van der Waals surface area contributed by atoms with Crippen molar-refractivity contribution in [3.05, 3.63) is 27.9 Å². The van der Waals surface area contributed by atoms with Crippen LogP contribution in [0, 0.1) is 15.5 Å². The molecule has 7 heteroatoms. The van der Waals surface area contributed by atoms with Gasteiger partial charge < -0.3 is 15.4 Å². The van der Waals surface area contributed by atoms with Gasteiger partial charge in [-0.15, -0.1) is 11.6 Å². The van der Waals surface area contributed by atoms with E-state index in [1.807, 2.05) is 13.8 Å². The fourth-order valence-electron chi connectivity index (χ4n) is 1.37. The second-order valence-corrected chi connectivity index (χ2v) is 5.14. The summed E-state index contributed by atoms with van der Waals surface area (Å²) in [6, 6.07) is 2.74. The van der Waals surface area contributed by atoms with Crippen LogP contribution in [0.5, 0.6) is 0 Å². The molecule has 100 valence electrons. The summed E-state index contributed by atoms with van der Waals surface area (Å²) in [6.45, 7) is 4.26. The monoisotopic (exact) mass is 273 g/mol. The van der Waals surface area contributed by atoms with E-state index in [-0.39, 0.29) is 22.8 Å². The van der Waals surface area contributed by atoms with Crippen LogP contribution in [0.4, 0.5) is 5.82 Å². The first-order valence-electron chi connectivity index (χ1n) is 5.43. The average Bonchev–Trinajstić information content (AvgIpc) is 2.68. The van der Waals surface area contributed by atoms with Crippen LogP contribution in [0.1, 0.15) is 24.3 Å². The molecule has 1 N–H and O–H groups in total. The Hall–Kier alpha value is -1.56. The minimum atomic E-state index is -0.528. The third kappa shape index (κ3) is 3.22. The quantitative estimate of drug-likeness (QED) is 0.506. The van der Waals surface area contributed by atoms with Crippen LogP contribution in [0.3, 0.4) is 0 Å². The van der Waals surface area contributed by atoms with Crippen molar-refractivity contribution in [2.75, 3.05) is 12.4 Å². The van der Waals surface area contributed by atoms with Gasteiger partial charge in [0.1, 0.15) is 0 Å².